The van der Waals surface area contributed by atoms with Crippen molar-refractivity contribution in [2.75, 3.05) is 68.9 Å². The lowest BCUT2D eigenvalue weighted by atomic mass is 9.99. The molecular formula is C100H129N19O24S3. The number of fused-ring (bicyclic) bond motifs is 12. The van der Waals surface area contributed by atoms with Gasteiger partial charge in [-0.25, -0.2) is 0 Å². The van der Waals surface area contributed by atoms with Crippen LogP contribution in [-0.2, 0) is 138 Å². The number of carbonyl (C=O) groups is 18. The summed E-state index contributed by atoms with van der Waals surface area (Å²) in [7, 11) is 4.34. The molecule has 0 saturated carbocycles. The Morgan fingerprint density at radius 2 is 0.904 bits per heavy atom. The van der Waals surface area contributed by atoms with E-state index in [0.29, 0.717) is 90.0 Å². The molecule has 7 aromatic rings. The summed E-state index contributed by atoms with van der Waals surface area (Å²) in [6.45, 7) is 7.11. The predicted octanol–water partition coefficient (Wildman–Crippen LogP) is 1.28. The number of aliphatic hydroxyl groups excluding tert-OH is 1. The number of nitrogens with two attached hydrogens (primary N) is 2. The molecule has 6 heterocycles. The number of primary amides is 1. The molecule has 13 atom stereocenters. The minimum atomic E-state index is -2.00. The van der Waals surface area contributed by atoms with Gasteiger partial charge in [0, 0.05) is 153 Å². The normalized spacial score (nSPS) is 23.0. The molecule has 2 aromatic heterocycles. The zero-order valence-electron chi connectivity index (χ0n) is 82.7. The lowest BCUT2D eigenvalue weighted by Crippen LogP contribution is -2.62. The third kappa shape index (κ3) is 31.8. The molecule has 0 unspecified atom stereocenters. The molecule has 0 aliphatic carbocycles. The van der Waals surface area contributed by atoms with Crippen molar-refractivity contribution in [1.29, 1.82) is 0 Å². The number of para-hydroxylation sites is 2. The van der Waals surface area contributed by atoms with Crippen LogP contribution >= 0.6 is 35.3 Å². The highest BCUT2D eigenvalue weighted by atomic mass is 32.2. The number of carboxylic acids is 2. The lowest BCUT2D eigenvalue weighted by Gasteiger charge is -2.32. The molecule has 20 N–H and O–H groups in total. The first-order chi connectivity index (χ1) is 69.6. The Balaban J connectivity index is 1.03. The summed E-state index contributed by atoms with van der Waals surface area (Å²) in [5.74, 6) is -19.4. The van der Waals surface area contributed by atoms with Gasteiger partial charge in [0.2, 0.25) is 94.5 Å². The third-order valence-electron chi connectivity index (χ3n) is 25.2. The fourth-order valence-corrected chi connectivity index (χ4v) is 20.4. The quantitative estimate of drug-likeness (QED) is 0.0575. The zero-order valence-corrected chi connectivity index (χ0v) is 85.1. The number of amides is 16. The second kappa shape index (κ2) is 53.2. The molecule has 46 heteroatoms. The number of rotatable bonds is 18. The first kappa shape index (κ1) is 112. The van der Waals surface area contributed by atoms with Gasteiger partial charge < -0.3 is 129 Å². The lowest BCUT2D eigenvalue weighted by molar-refractivity contribution is -0.143. The first-order valence-corrected chi connectivity index (χ1v) is 51.5. The Bertz CT molecular complexity index is 5960. The number of nitrogens with one attached hydrogen (secondary N) is 13. The van der Waals surface area contributed by atoms with Gasteiger partial charge in [-0.15, -0.1) is 0 Å². The number of hydrogen-bond donors (Lipinski definition) is 18. The van der Waals surface area contributed by atoms with Crippen molar-refractivity contribution < 1.29 is 116 Å². The Hall–Kier alpha value is -14.0. The van der Waals surface area contributed by atoms with E-state index < -0.39 is 235 Å². The highest BCUT2D eigenvalue weighted by Gasteiger charge is 2.43. The standard InChI is InChI=1S/C100H129N19O24S3/c1-53(2)86-98(138)109-75(40-85(127)128)91(131)105-43-80(121)106-73(38-63-41-103-70-17-12-10-15-68(63)70)93(133)114-87(54(3)4)100(140)119-25-14-19-79(119)97(137)110-76(89(102)129)50-144-26-22-81(122)116-44-57-29-59(34-65(32-57)141-7)46-117-47-61-31-62(37-67(36-61)143-9)49-118(48-60-30-58(45-116)33-66(35-60)142-8)83(124)24-28-146-52-78(111-90(130)55(5)101)96(136)115-88(56(6)120)99(139)107-72(20-21-84(125)126)92(132)112-77(51-145-27-23-82(117)123)95(135)108-74(94(134)113-86)39-64-42-104-71-18-13-11-16-69(64)71/h10-13,15-18,29-37,41-42,53-56,72-79,86-88,103-104,120H,14,19-28,38-40,43-52,101H2,1-9H3,(H2,102,129)(H,105,131)(H,106,121)(H,107,139)(H,108,135)(H,109,138)(H,110,137)(H,111,130)(H,112,132)(H,113,134)(H,114,133)(H,115,136)(H,125,126)(H,127,128)/t55-,56+,72-,73-,74-,75-,76-,77-,78-,79-,86-,87-,88-/m0/s1. The molecule has 16 amide bonds. The average Bonchev–Trinajstić information content (AvgIpc) is 1.77. The van der Waals surface area contributed by atoms with E-state index in [2.05, 4.69) is 68.5 Å². The first-order valence-electron chi connectivity index (χ1n) is 48.1. The maximum absolute atomic E-state index is 15.8. The van der Waals surface area contributed by atoms with Crippen LogP contribution in [0.4, 0.5) is 0 Å². The van der Waals surface area contributed by atoms with Crippen LogP contribution in [-0.4, -0.2) is 299 Å². The van der Waals surface area contributed by atoms with E-state index in [1.807, 2.05) is 6.07 Å². The second-order valence-electron chi connectivity index (χ2n) is 37.2. The number of aromatic nitrogens is 2. The molecule has 11 rings (SSSR count). The molecule has 5 aromatic carbocycles. The third-order valence-corrected chi connectivity index (χ3v) is 28.4. The number of ether oxygens (including phenoxy) is 3. The predicted molar refractivity (Wildman–Crippen MR) is 542 cm³/mol. The van der Waals surface area contributed by atoms with Gasteiger partial charge >= 0.3 is 11.9 Å². The number of H-pyrrole nitrogens is 2. The molecule has 43 nitrogen and oxygen atoms in total. The van der Waals surface area contributed by atoms with Gasteiger partial charge in [-0.2, -0.15) is 35.3 Å². The molecule has 146 heavy (non-hydrogen) atoms. The topological polar surface area (TPSA) is 625 Å². The molecule has 10 bridgehead atoms. The Labute approximate surface area is 855 Å². The van der Waals surface area contributed by atoms with Crippen LogP contribution in [0.1, 0.15) is 137 Å². The van der Waals surface area contributed by atoms with Crippen molar-refractivity contribution in [2.45, 2.75) is 224 Å². The van der Waals surface area contributed by atoms with E-state index in [1.165, 1.54) is 51.9 Å². The molecule has 0 radical (unpaired) electrons. The number of aromatic amines is 2. The monoisotopic (exact) mass is 2080 g/mol. The number of benzene rings is 5. The average molecular weight is 2080 g/mol. The molecule has 0 spiro atoms. The minimum Gasteiger partial charge on any atom is -0.497 e. The summed E-state index contributed by atoms with van der Waals surface area (Å²) in [5, 5.41) is 61.4. The molecule has 1 saturated heterocycles. The van der Waals surface area contributed by atoms with Crippen LogP contribution in [0.2, 0.25) is 0 Å². The maximum atomic E-state index is 15.8. The highest BCUT2D eigenvalue weighted by Crippen LogP contribution is 2.32. The zero-order chi connectivity index (χ0) is 106. The fourth-order valence-electron chi connectivity index (χ4n) is 17.5. The Kier molecular flexibility index (Phi) is 40.9. The smallest absolute Gasteiger partial charge is 0.305 e. The van der Waals surface area contributed by atoms with Crippen molar-refractivity contribution in [3.05, 3.63) is 160 Å². The summed E-state index contributed by atoms with van der Waals surface area (Å²) in [6.07, 6.45) is -2.19. The molecule has 4 aliphatic heterocycles. The van der Waals surface area contributed by atoms with Crippen LogP contribution in [0.15, 0.2) is 116 Å². The Morgan fingerprint density at radius 3 is 1.36 bits per heavy atom. The van der Waals surface area contributed by atoms with Gasteiger partial charge in [0.15, 0.2) is 0 Å². The maximum Gasteiger partial charge on any atom is 0.305 e. The number of hydrogen-bond acceptors (Lipinski definition) is 26. The molecule has 786 valence electrons. The molecular weight excluding hydrogens is 1950 g/mol. The van der Waals surface area contributed by atoms with Gasteiger partial charge in [-0.3, -0.25) is 86.3 Å². The number of aliphatic hydroxyl groups is 1. The van der Waals surface area contributed by atoms with Crippen molar-refractivity contribution in [3.8, 4) is 17.2 Å². The van der Waals surface area contributed by atoms with Crippen LogP contribution in [0, 0.1) is 11.8 Å². The number of carboxylic acid groups (broad SMARTS) is 2. The second-order valence-corrected chi connectivity index (χ2v) is 40.7. The summed E-state index contributed by atoms with van der Waals surface area (Å²) < 4.78 is 17.8. The van der Waals surface area contributed by atoms with E-state index in [-0.39, 0.29) is 107 Å². The van der Waals surface area contributed by atoms with E-state index in [0.717, 1.165) is 42.2 Å². The summed E-state index contributed by atoms with van der Waals surface area (Å²) >= 11 is 3.11. The van der Waals surface area contributed by atoms with Crippen LogP contribution in [0.3, 0.4) is 0 Å². The number of nitrogens with zero attached hydrogens (tertiary/aromatic N) is 4. The number of methoxy groups -OCH3 is 3. The van der Waals surface area contributed by atoms with Crippen LogP contribution in [0.5, 0.6) is 17.2 Å². The summed E-state index contributed by atoms with van der Waals surface area (Å²) in [4.78, 5) is 276. The largest absolute Gasteiger partial charge is 0.497 e. The van der Waals surface area contributed by atoms with Crippen molar-refractivity contribution in [2.24, 2.45) is 23.3 Å². The highest BCUT2D eigenvalue weighted by molar-refractivity contribution is 7.99. The van der Waals surface area contributed by atoms with Crippen molar-refractivity contribution in [1.82, 2.24) is 88.1 Å². The minimum absolute atomic E-state index is 0.0219. The number of thioether (sulfide) groups is 3. The van der Waals surface area contributed by atoms with E-state index >= 15 is 38.4 Å². The SMILES string of the molecule is COc1cc2cc(c1)CN1Cc3cc(cc(OC)c3)CN3Cc4cc(cc(OC)c4)CN(C2)C(=O)CCSC[C@@H](C(N)=O)NC(=O)[C@@H]2CCCN2C(=O)[C@H](C(C)C)NC(=O)[C@H](Cc2c[nH]c4ccccc24)NC(=O)CNC(=O)[C@H](CC(=O)O)NC(=O)[C@H](C(C)C)NC(=O)[C@H](Cc2c[nH]c4ccccc24)NC(=O)[C@H](CSCCC3=O)NC(=O)[C@H](CCC(=O)O)NC(=O)[C@H]([C@@H](C)O)NC(=O)[C@@H](NC(=O)[C@H](C)N)CSCCC1=O. The van der Waals surface area contributed by atoms with Gasteiger partial charge in [0.05, 0.1) is 46.4 Å². The van der Waals surface area contributed by atoms with Gasteiger partial charge in [-0.1, -0.05) is 82.3 Å². The van der Waals surface area contributed by atoms with E-state index in [1.54, 1.807) is 133 Å². The van der Waals surface area contributed by atoms with Gasteiger partial charge in [0.1, 0.15) is 83.7 Å². The van der Waals surface area contributed by atoms with E-state index in [4.69, 9.17) is 25.7 Å². The van der Waals surface area contributed by atoms with Gasteiger partial charge in [0.25, 0.3) is 0 Å². The van der Waals surface area contributed by atoms with Crippen molar-refractivity contribution in [3.63, 3.8) is 0 Å². The molecule has 1 fully saturated rings. The fraction of sp³-hybridized carbons (Fsp3) is 0.480. The number of aliphatic carboxylic acids is 2. The molecule has 4 aliphatic rings. The van der Waals surface area contributed by atoms with Crippen molar-refractivity contribution >= 4 is 164 Å². The van der Waals surface area contributed by atoms with Crippen LogP contribution < -0.4 is 84.2 Å². The van der Waals surface area contributed by atoms with Gasteiger partial charge in [-0.05, 0) is 138 Å². The Morgan fingerprint density at radius 1 is 0.473 bits per heavy atom. The summed E-state index contributed by atoms with van der Waals surface area (Å²) in [6, 6.07) is 10.3. The summed E-state index contributed by atoms with van der Waals surface area (Å²) in [5.41, 5.74) is 17.4. The van der Waals surface area contributed by atoms with Crippen LogP contribution in [0.25, 0.3) is 21.8 Å². The number of carbonyl (C=O) groups excluding carboxylic acids is 16. The van der Waals surface area contributed by atoms with E-state index in [9.17, 15) is 63.3 Å².